The van der Waals surface area contributed by atoms with Gasteiger partial charge in [-0.1, -0.05) is 0 Å². The van der Waals surface area contributed by atoms with Gasteiger partial charge in [-0.25, -0.2) is 14.8 Å². The number of nitrogens with zero attached hydrogens (tertiary/aromatic N) is 2. The average molecular weight is 297 g/mol. The molecule has 0 spiro atoms. The first kappa shape index (κ1) is 14.2. The number of ether oxygens (including phenoxy) is 1. The van der Waals surface area contributed by atoms with Crippen LogP contribution in [0.25, 0.3) is 0 Å². The minimum Gasteiger partial charge on any atom is -0.465 e. The first-order valence-corrected chi connectivity index (χ1v) is 6.99. The van der Waals surface area contributed by atoms with Crippen LogP contribution in [0.2, 0.25) is 0 Å². The fourth-order valence-corrected chi connectivity index (χ4v) is 2.02. The van der Waals surface area contributed by atoms with E-state index in [4.69, 9.17) is 0 Å². The van der Waals surface area contributed by atoms with Crippen LogP contribution in [-0.4, -0.2) is 29.0 Å². The van der Waals surface area contributed by atoms with Crippen molar-refractivity contribution in [1.29, 1.82) is 0 Å². The Balaban J connectivity index is 1.66. The highest BCUT2D eigenvalue weighted by Crippen LogP contribution is 2.37. The fraction of sp³-hybridized carbons (Fsp3) is 0.250. The Morgan fingerprint density at radius 1 is 1.09 bits per heavy atom. The van der Waals surface area contributed by atoms with Gasteiger partial charge in [-0.2, -0.15) is 0 Å². The van der Waals surface area contributed by atoms with Crippen molar-refractivity contribution in [2.75, 3.05) is 12.4 Å². The first-order valence-electron chi connectivity index (χ1n) is 6.99. The maximum Gasteiger partial charge on any atom is 0.337 e. The Morgan fingerprint density at radius 3 is 2.27 bits per heavy atom. The molecule has 0 atom stereocenters. The van der Waals surface area contributed by atoms with Crippen molar-refractivity contribution in [2.24, 2.45) is 0 Å². The van der Waals surface area contributed by atoms with Crippen LogP contribution in [0.5, 0.6) is 0 Å². The third-order valence-corrected chi connectivity index (χ3v) is 3.44. The van der Waals surface area contributed by atoms with Crippen LogP contribution in [-0.2, 0) is 4.74 Å². The predicted octanol–water partition coefficient (Wildman–Crippen LogP) is 2.39. The van der Waals surface area contributed by atoms with Crippen molar-refractivity contribution < 1.29 is 14.3 Å². The summed E-state index contributed by atoms with van der Waals surface area (Å²) in [6.07, 6.45) is 5.33. The number of carbonyl (C=O) groups is 2. The maximum atomic E-state index is 12.1. The van der Waals surface area contributed by atoms with E-state index in [-0.39, 0.29) is 5.91 Å². The van der Waals surface area contributed by atoms with E-state index in [1.807, 2.05) is 0 Å². The summed E-state index contributed by atoms with van der Waals surface area (Å²) in [5.74, 6) is 0.567. The van der Waals surface area contributed by atoms with Crippen LogP contribution in [0.15, 0.2) is 36.7 Å². The molecule has 2 aromatic rings. The van der Waals surface area contributed by atoms with Crippen molar-refractivity contribution >= 4 is 17.6 Å². The normalized spacial score (nSPS) is 13.5. The molecule has 1 saturated carbocycles. The largest absolute Gasteiger partial charge is 0.465 e. The van der Waals surface area contributed by atoms with Crippen LogP contribution in [0, 0.1) is 0 Å². The van der Waals surface area contributed by atoms with Crippen molar-refractivity contribution in [3.8, 4) is 0 Å². The van der Waals surface area contributed by atoms with E-state index in [0.29, 0.717) is 22.7 Å². The molecular formula is C16H15N3O3. The SMILES string of the molecule is COC(=O)c1ccc(NC(=O)c2cnc(C3CC3)nc2)cc1. The summed E-state index contributed by atoms with van der Waals surface area (Å²) in [5, 5.41) is 2.74. The predicted molar refractivity (Wildman–Crippen MR) is 79.7 cm³/mol. The minimum atomic E-state index is -0.415. The van der Waals surface area contributed by atoms with E-state index in [0.717, 1.165) is 18.7 Å². The third kappa shape index (κ3) is 3.11. The highest BCUT2D eigenvalue weighted by atomic mass is 16.5. The molecule has 0 aliphatic heterocycles. The highest BCUT2D eigenvalue weighted by molar-refractivity contribution is 6.04. The lowest BCUT2D eigenvalue weighted by molar-refractivity contribution is 0.0600. The second kappa shape index (κ2) is 5.93. The number of rotatable bonds is 4. The van der Waals surface area contributed by atoms with Gasteiger partial charge in [0.25, 0.3) is 5.91 Å². The number of hydrogen-bond donors (Lipinski definition) is 1. The van der Waals surface area contributed by atoms with Gasteiger partial charge in [0.05, 0.1) is 18.2 Å². The van der Waals surface area contributed by atoms with Gasteiger partial charge < -0.3 is 10.1 Å². The van der Waals surface area contributed by atoms with Crippen LogP contribution >= 0.6 is 0 Å². The van der Waals surface area contributed by atoms with Crippen LogP contribution in [0.1, 0.15) is 45.3 Å². The molecule has 0 bridgehead atoms. The van der Waals surface area contributed by atoms with Crippen LogP contribution < -0.4 is 5.32 Å². The van der Waals surface area contributed by atoms with Crippen LogP contribution in [0.3, 0.4) is 0 Å². The molecule has 6 nitrogen and oxygen atoms in total. The van der Waals surface area contributed by atoms with Gasteiger partial charge in [-0.15, -0.1) is 0 Å². The Kier molecular flexibility index (Phi) is 3.82. The van der Waals surface area contributed by atoms with Crippen molar-refractivity contribution in [1.82, 2.24) is 9.97 Å². The molecule has 0 unspecified atom stereocenters. The van der Waals surface area contributed by atoms with E-state index in [1.165, 1.54) is 7.11 Å². The Bertz CT molecular complexity index is 692. The number of nitrogens with one attached hydrogen (secondary N) is 1. The Labute approximate surface area is 127 Å². The quantitative estimate of drug-likeness (QED) is 0.876. The minimum absolute atomic E-state index is 0.284. The fourth-order valence-electron chi connectivity index (χ4n) is 2.02. The molecule has 6 heteroatoms. The van der Waals surface area contributed by atoms with E-state index in [1.54, 1.807) is 36.7 Å². The van der Waals surface area contributed by atoms with Gasteiger partial charge in [-0.05, 0) is 37.1 Å². The first-order chi connectivity index (χ1) is 10.7. The molecule has 0 radical (unpaired) electrons. The van der Waals surface area contributed by atoms with Gasteiger partial charge in [0, 0.05) is 24.0 Å². The molecule has 22 heavy (non-hydrogen) atoms. The molecule has 1 aliphatic rings. The number of hydrogen-bond acceptors (Lipinski definition) is 5. The molecule has 1 aromatic carbocycles. The topological polar surface area (TPSA) is 81.2 Å². The number of amides is 1. The number of benzene rings is 1. The standard InChI is InChI=1S/C16H15N3O3/c1-22-16(21)11-4-6-13(7-5-11)19-15(20)12-8-17-14(18-9-12)10-2-3-10/h4-10H,2-3H2,1H3,(H,19,20). The van der Waals surface area contributed by atoms with Crippen molar-refractivity contribution in [3.63, 3.8) is 0 Å². The molecule has 3 rings (SSSR count). The maximum absolute atomic E-state index is 12.1. The van der Waals surface area contributed by atoms with E-state index >= 15 is 0 Å². The Morgan fingerprint density at radius 2 is 1.73 bits per heavy atom. The van der Waals surface area contributed by atoms with E-state index in [9.17, 15) is 9.59 Å². The lowest BCUT2D eigenvalue weighted by Gasteiger charge is -2.06. The smallest absolute Gasteiger partial charge is 0.337 e. The van der Waals surface area contributed by atoms with Gasteiger partial charge in [-0.3, -0.25) is 4.79 Å². The zero-order valence-electron chi connectivity index (χ0n) is 12.1. The summed E-state index contributed by atoms with van der Waals surface area (Å²) in [5.41, 5.74) is 1.42. The number of carbonyl (C=O) groups excluding carboxylic acids is 2. The zero-order chi connectivity index (χ0) is 15.5. The summed E-state index contributed by atoms with van der Waals surface area (Å²) >= 11 is 0. The molecule has 1 N–H and O–H groups in total. The lowest BCUT2D eigenvalue weighted by Crippen LogP contribution is -2.13. The van der Waals surface area contributed by atoms with Gasteiger partial charge >= 0.3 is 5.97 Å². The molecule has 1 amide bonds. The number of esters is 1. The molecule has 0 saturated heterocycles. The van der Waals surface area contributed by atoms with E-state index in [2.05, 4.69) is 20.0 Å². The molecule has 1 heterocycles. The lowest BCUT2D eigenvalue weighted by atomic mass is 10.2. The van der Waals surface area contributed by atoms with Gasteiger partial charge in [0.1, 0.15) is 5.82 Å². The molecule has 1 aliphatic carbocycles. The summed E-state index contributed by atoms with van der Waals surface area (Å²) in [7, 11) is 1.32. The second-order valence-electron chi connectivity index (χ2n) is 5.13. The van der Waals surface area contributed by atoms with Crippen molar-refractivity contribution in [2.45, 2.75) is 18.8 Å². The summed E-state index contributed by atoms with van der Waals surface area (Å²) in [4.78, 5) is 31.9. The average Bonchev–Trinajstić information content (AvgIpc) is 3.40. The summed E-state index contributed by atoms with van der Waals surface area (Å²) in [6.45, 7) is 0. The molecule has 1 aromatic heterocycles. The second-order valence-corrected chi connectivity index (χ2v) is 5.13. The monoisotopic (exact) mass is 297 g/mol. The number of anilines is 1. The summed E-state index contributed by atoms with van der Waals surface area (Å²) in [6, 6.07) is 6.47. The molecular weight excluding hydrogens is 282 g/mol. The highest BCUT2D eigenvalue weighted by Gasteiger charge is 2.26. The Hall–Kier alpha value is -2.76. The van der Waals surface area contributed by atoms with Crippen LogP contribution in [0.4, 0.5) is 5.69 Å². The number of aromatic nitrogens is 2. The molecule has 112 valence electrons. The number of methoxy groups -OCH3 is 1. The van der Waals surface area contributed by atoms with Gasteiger partial charge in [0.15, 0.2) is 0 Å². The zero-order valence-corrected chi connectivity index (χ0v) is 12.1. The van der Waals surface area contributed by atoms with Crippen molar-refractivity contribution in [3.05, 3.63) is 53.6 Å². The third-order valence-electron chi connectivity index (χ3n) is 3.44. The van der Waals surface area contributed by atoms with E-state index < -0.39 is 5.97 Å². The summed E-state index contributed by atoms with van der Waals surface area (Å²) < 4.78 is 4.62. The van der Waals surface area contributed by atoms with Gasteiger partial charge in [0.2, 0.25) is 0 Å². The molecule has 1 fully saturated rings.